The van der Waals surface area contributed by atoms with Gasteiger partial charge in [-0.1, -0.05) is 72.8 Å². The number of anilines is 1. The third-order valence-corrected chi connectivity index (χ3v) is 6.03. The lowest BCUT2D eigenvalue weighted by atomic mass is 9.92. The van der Waals surface area contributed by atoms with Crippen LogP contribution in [0.5, 0.6) is 0 Å². The van der Waals surface area contributed by atoms with E-state index in [1.165, 1.54) is 10.5 Å². The molecule has 1 aliphatic rings. The van der Waals surface area contributed by atoms with Gasteiger partial charge in [0.25, 0.3) is 11.8 Å². The van der Waals surface area contributed by atoms with Crippen LogP contribution < -0.4 is 5.32 Å². The zero-order chi connectivity index (χ0) is 21.9. The number of hydrogen-bond acceptors (Lipinski definition) is 3. The Hall–Kier alpha value is -3.92. The first-order chi connectivity index (χ1) is 15.7. The zero-order valence-corrected chi connectivity index (χ0v) is 17.8. The predicted molar refractivity (Wildman–Crippen MR) is 128 cm³/mol. The summed E-state index contributed by atoms with van der Waals surface area (Å²) in [6.07, 6.45) is 1.54. The zero-order valence-electron chi connectivity index (χ0n) is 17.8. The molecule has 0 radical (unpaired) electrons. The monoisotopic (exact) mass is 420 g/mol. The van der Waals surface area contributed by atoms with Crippen molar-refractivity contribution in [1.82, 2.24) is 4.90 Å². The molecule has 5 rings (SSSR count). The molecule has 1 heterocycles. The van der Waals surface area contributed by atoms with Crippen LogP contribution in [0.3, 0.4) is 0 Å². The van der Waals surface area contributed by atoms with E-state index in [1.54, 1.807) is 0 Å². The molecule has 4 aromatic carbocycles. The molecule has 1 aliphatic heterocycles. The van der Waals surface area contributed by atoms with Crippen molar-refractivity contribution in [3.8, 4) is 0 Å². The van der Waals surface area contributed by atoms with Crippen LogP contribution in [0.2, 0.25) is 0 Å². The van der Waals surface area contributed by atoms with Crippen LogP contribution in [0, 0.1) is 0 Å². The largest absolute Gasteiger partial charge is 0.384 e. The van der Waals surface area contributed by atoms with Gasteiger partial charge in [-0.3, -0.25) is 14.5 Å². The highest BCUT2D eigenvalue weighted by molar-refractivity contribution is 6.26. The highest BCUT2D eigenvalue weighted by atomic mass is 16.2. The Morgan fingerprint density at radius 1 is 0.625 bits per heavy atom. The molecule has 0 bridgehead atoms. The maximum atomic E-state index is 13.2. The maximum absolute atomic E-state index is 13.2. The van der Waals surface area contributed by atoms with Crippen molar-refractivity contribution in [2.45, 2.75) is 12.8 Å². The summed E-state index contributed by atoms with van der Waals surface area (Å²) < 4.78 is 0. The van der Waals surface area contributed by atoms with Crippen LogP contribution in [-0.4, -0.2) is 29.8 Å². The lowest BCUT2D eigenvalue weighted by Gasteiger charge is -2.28. The molecular formula is C28H24N2O2. The smallest absolute Gasteiger partial charge is 0.261 e. The van der Waals surface area contributed by atoms with Gasteiger partial charge in [0.1, 0.15) is 0 Å². The van der Waals surface area contributed by atoms with Crippen molar-refractivity contribution in [3.63, 3.8) is 0 Å². The molecule has 0 aliphatic carbocycles. The second kappa shape index (κ2) is 8.67. The van der Waals surface area contributed by atoms with Crippen LogP contribution in [0.15, 0.2) is 91.0 Å². The van der Waals surface area contributed by atoms with E-state index in [0.717, 1.165) is 35.0 Å². The fraction of sp³-hybridized carbons (Fsp3) is 0.143. The molecule has 1 N–H and O–H groups in total. The van der Waals surface area contributed by atoms with Gasteiger partial charge in [0.2, 0.25) is 0 Å². The summed E-state index contributed by atoms with van der Waals surface area (Å²) in [5, 5.41) is 5.16. The first-order valence-corrected chi connectivity index (χ1v) is 11.0. The van der Waals surface area contributed by atoms with Gasteiger partial charge in [-0.25, -0.2) is 0 Å². The molecule has 32 heavy (non-hydrogen) atoms. The van der Waals surface area contributed by atoms with E-state index >= 15 is 0 Å². The Balaban J connectivity index is 1.40. The first kappa shape index (κ1) is 20.0. The molecule has 0 fully saturated rings. The van der Waals surface area contributed by atoms with Crippen LogP contribution in [0.4, 0.5) is 5.69 Å². The number of nitrogens with one attached hydrogen (secondary N) is 1. The van der Waals surface area contributed by atoms with Crippen molar-refractivity contribution in [3.05, 3.63) is 113 Å². The molecule has 4 nitrogen and oxygen atoms in total. The average molecular weight is 421 g/mol. The van der Waals surface area contributed by atoms with Crippen molar-refractivity contribution >= 4 is 28.3 Å². The highest BCUT2D eigenvalue weighted by Crippen LogP contribution is 2.34. The Bertz CT molecular complexity index is 1260. The molecule has 4 heteroatoms. The Morgan fingerprint density at radius 3 is 1.94 bits per heavy atom. The van der Waals surface area contributed by atoms with E-state index in [1.807, 2.05) is 78.9 Å². The number of carbonyl (C=O) groups is 2. The van der Waals surface area contributed by atoms with Crippen molar-refractivity contribution in [2.24, 2.45) is 0 Å². The Kier molecular flexibility index (Phi) is 5.42. The van der Waals surface area contributed by atoms with Crippen molar-refractivity contribution in [2.75, 3.05) is 18.4 Å². The molecular weight excluding hydrogens is 396 g/mol. The van der Waals surface area contributed by atoms with Crippen LogP contribution in [0.25, 0.3) is 10.8 Å². The SMILES string of the molecule is O=C1c2cccc3c(NCCc4ccccc4)ccc(c23)C(=O)N1CCc1ccccc1. The van der Waals surface area contributed by atoms with E-state index in [-0.39, 0.29) is 11.8 Å². The summed E-state index contributed by atoms with van der Waals surface area (Å²) in [4.78, 5) is 27.8. The summed E-state index contributed by atoms with van der Waals surface area (Å²) >= 11 is 0. The van der Waals surface area contributed by atoms with Gasteiger partial charge < -0.3 is 5.32 Å². The van der Waals surface area contributed by atoms with Gasteiger partial charge in [-0.15, -0.1) is 0 Å². The standard InChI is InChI=1S/C28H24N2O2/c31-27-23-13-7-12-22-25(29-18-16-20-8-3-1-4-9-20)15-14-24(26(22)23)28(32)30(27)19-17-21-10-5-2-6-11-21/h1-15,29H,16-19H2. The lowest BCUT2D eigenvalue weighted by Crippen LogP contribution is -2.41. The van der Waals surface area contributed by atoms with E-state index in [9.17, 15) is 9.59 Å². The normalized spacial score (nSPS) is 12.9. The molecule has 0 saturated heterocycles. The van der Waals surface area contributed by atoms with Gasteiger partial charge in [-0.05, 0) is 42.2 Å². The van der Waals surface area contributed by atoms with E-state index in [0.29, 0.717) is 24.1 Å². The van der Waals surface area contributed by atoms with Gasteiger partial charge >= 0.3 is 0 Å². The molecule has 0 aromatic heterocycles. The fourth-order valence-electron chi connectivity index (χ4n) is 4.38. The minimum atomic E-state index is -0.217. The van der Waals surface area contributed by atoms with E-state index in [4.69, 9.17) is 0 Å². The van der Waals surface area contributed by atoms with Gasteiger partial charge in [0.05, 0.1) is 0 Å². The Morgan fingerprint density at radius 2 is 1.25 bits per heavy atom. The fourth-order valence-corrected chi connectivity index (χ4v) is 4.38. The third-order valence-electron chi connectivity index (χ3n) is 6.03. The van der Waals surface area contributed by atoms with Gasteiger partial charge in [-0.2, -0.15) is 0 Å². The van der Waals surface area contributed by atoms with Crippen LogP contribution >= 0.6 is 0 Å². The summed E-state index contributed by atoms with van der Waals surface area (Å²) in [5.41, 5.74) is 4.51. The number of hydrogen-bond donors (Lipinski definition) is 1. The highest BCUT2D eigenvalue weighted by Gasteiger charge is 2.32. The van der Waals surface area contributed by atoms with E-state index < -0.39 is 0 Å². The maximum Gasteiger partial charge on any atom is 0.261 e. The quantitative estimate of drug-likeness (QED) is 0.411. The molecule has 0 atom stereocenters. The third kappa shape index (κ3) is 3.76. The molecule has 2 amide bonds. The molecule has 0 unspecified atom stereocenters. The van der Waals surface area contributed by atoms with Crippen LogP contribution in [0.1, 0.15) is 31.8 Å². The van der Waals surface area contributed by atoms with Crippen molar-refractivity contribution in [1.29, 1.82) is 0 Å². The summed E-state index contributed by atoms with van der Waals surface area (Å²) in [6, 6.07) is 29.7. The number of nitrogens with zero attached hydrogens (tertiary/aromatic N) is 1. The minimum Gasteiger partial charge on any atom is -0.384 e. The molecule has 0 spiro atoms. The predicted octanol–water partition coefficient (Wildman–Crippen LogP) is 5.33. The Labute approximate surface area is 187 Å². The summed E-state index contributed by atoms with van der Waals surface area (Å²) in [5.74, 6) is -0.434. The average Bonchev–Trinajstić information content (AvgIpc) is 2.84. The minimum absolute atomic E-state index is 0.217. The van der Waals surface area contributed by atoms with E-state index in [2.05, 4.69) is 17.4 Å². The van der Waals surface area contributed by atoms with Gasteiger partial charge in [0, 0.05) is 40.7 Å². The lowest BCUT2D eigenvalue weighted by molar-refractivity contribution is 0.0612. The second-order valence-electron chi connectivity index (χ2n) is 8.05. The van der Waals surface area contributed by atoms with Crippen LogP contribution in [-0.2, 0) is 12.8 Å². The van der Waals surface area contributed by atoms with Crippen molar-refractivity contribution < 1.29 is 9.59 Å². The first-order valence-electron chi connectivity index (χ1n) is 11.0. The number of benzene rings is 4. The molecule has 0 saturated carbocycles. The molecule has 4 aromatic rings. The molecule has 158 valence electrons. The number of amides is 2. The second-order valence-corrected chi connectivity index (χ2v) is 8.05. The summed E-state index contributed by atoms with van der Waals surface area (Å²) in [7, 11) is 0. The number of carbonyl (C=O) groups excluding carboxylic acids is 2. The topological polar surface area (TPSA) is 49.4 Å². The summed E-state index contributed by atoms with van der Waals surface area (Å²) in [6.45, 7) is 1.14. The number of imide groups is 1. The van der Waals surface area contributed by atoms with Gasteiger partial charge in [0.15, 0.2) is 0 Å². The number of rotatable bonds is 7.